The Balaban J connectivity index is 3.12. The van der Waals surface area contributed by atoms with Gasteiger partial charge in [-0.15, -0.1) is 0 Å². The molecule has 0 aliphatic heterocycles. The van der Waals surface area contributed by atoms with E-state index in [1.54, 1.807) is 6.92 Å². The predicted octanol–water partition coefficient (Wildman–Crippen LogP) is 7.88. The van der Waals surface area contributed by atoms with Gasteiger partial charge in [-0.05, 0) is 51.4 Å². The predicted molar refractivity (Wildman–Crippen MR) is 123 cm³/mol. The highest BCUT2D eigenvalue weighted by atomic mass is 32.2. The number of carbonyl (C=O) groups excluding carboxylic acids is 1. The van der Waals surface area contributed by atoms with Crippen LogP contribution in [0.4, 0.5) is 0 Å². The third-order valence-electron chi connectivity index (χ3n) is 4.48. The van der Waals surface area contributed by atoms with Crippen LogP contribution in [0.1, 0.15) is 104 Å². The van der Waals surface area contributed by atoms with E-state index < -0.39 is 0 Å². The number of ether oxygens (including phenoxy) is 1. The number of unbranched alkanes of at least 4 members (excludes halogenated alkanes) is 10. The minimum atomic E-state index is 0.220. The second kappa shape index (κ2) is 23.5. The summed E-state index contributed by atoms with van der Waals surface area (Å²) in [7, 11) is 0. The first-order valence-electron chi connectivity index (χ1n) is 11.3. The highest BCUT2D eigenvalue weighted by Crippen LogP contribution is 2.09. The molecule has 0 aromatic heterocycles. The molecule has 0 aromatic rings. The van der Waals surface area contributed by atoms with Crippen LogP contribution in [0.5, 0.6) is 0 Å². The van der Waals surface area contributed by atoms with Gasteiger partial charge in [-0.3, -0.25) is 4.79 Å². The van der Waals surface area contributed by atoms with Crippen molar-refractivity contribution in [1.82, 2.24) is 0 Å². The molecule has 0 amide bonds. The Morgan fingerprint density at radius 1 is 0.741 bits per heavy atom. The van der Waals surface area contributed by atoms with Crippen LogP contribution in [0.2, 0.25) is 0 Å². The third-order valence-corrected chi connectivity index (χ3v) is 5.38. The molecule has 27 heavy (non-hydrogen) atoms. The summed E-state index contributed by atoms with van der Waals surface area (Å²) in [4.78, 5) is 10.8. The normalized spacial score (nSPS) is 11.8. The van der Waals surface area contributed by atoms with Crippen LogP contribution in [-0.2, 0) is 9.53 Å². The quantitative estimate of drug-likeness (QED) is 0.155. The molecule has 0 N–H and O–H groups in total. The lowest BCUT2D eigenvalue weighted by Gasteiger charge is -2.04. The van der Waals surface area contributed by atoms with Crippen molar-refractivity contribution in [2.45, 2.75) is 104 Å². The van der Waals surface area contributed by atoms with Gasteiger partial charge in [-0.25, -0.2) is 0 Å². The molecule has 0 aromatic carbocycles. The largest absolute Gasteiger partial charge is 0.381 e. The van der Waals surface area contributed by atoms with E-state index in [-0.39, 0.29) is 5.12 Å². The summed E-state index contributed by atoms with van der Waals surface area (Å²) < 4.78 is 5.65. The molecule has 0 bridgehead atoms. The first-order valence-corrected chi connectivity index (χ1v) is 12.3. The van der Waals surface area contributed by atoms with Gasteiger partial charge in [0, 0.05) is 25.9 Å². The molecule has 0 heterocycles. The van der Waals surface area contributed by atoms with Crippen LogP contribution < -0.4 is 0 Å². The van der Waals surface area contributed by atoms with E-state index in [4.69, 9.17) is 4.74 Å². The van der Waals surface area contributed by atoms with Crippen molar-refractivity contribution in [2.24, 2.45) is 0 Å². The second-order valence-corrected chi connectivity index (χ2v) is 8.52. The van der Waals surface area contributed by atoms with Crippen LogP contribution in [0.3, 0.4) is 0 Å². The Labute approximate surface area is 173 Å². The Hall–Kier alpha value is -0.540. The number of thioether (sulfide) groups is 1. The molecule has 0 rings (SSSR count). The molecule has 0 aliphatic rings. The van der Waals surface area contributed by atoms with Crippen LogP contribution in [0.15, 0.2) is 24.3 Å². The Morgan fingerprint density at radius 2 is 1.30 bits per heavy atom. The van der Waals surface area contributed by atoms with E-state index in [2.05, 4.69) is 31.2 Å². The van der Waals surface area contributed by atoms with Crippen molar-refractivity contribution in [1.29, 1.82) is 0 Å². The van der Waals surface area contributed by atoms with Crippen molar-refractivity contribution < 1.29 is 9.53 Å². The van der Waals surface area contributed by atoms with Gasteiger partial charge in [0.2, 0.25) is 0 Å². The van der Waals surface area contributed by atoms with Crippen molar-refractivity contribution >= 4 is 16.9 Å². The lowest BCUT2D eigenvalue weighted by atomic mass is 10.1. The maximum absolute atomic E-state index is 10.8. The summed E-state index contributed by atoms with van der Waals surface area (Å²) in [5, 5.41) is 0.220. The lowest BCUT2D eigenvalue weighted by Crippen LogP contribution is -1.98. The third kappa shape index (κ3) is 25.5. The molecule has 0 unspecified atom stereocenters. The topological polar surface area (TPSA) is 26.3 Å². The number of hydrogen-bond acceptors (Lipinski definition) is 3. The fraction of sp³-hybridized carbons (Fsp3) is 0.792. The second-order valence-electron chi connectivity index (χ2n) is 7.24. The summed E-state index contributed by atoms with van der Waals surface area (Å²) in [6.07, 6.45) is 26.9. The summed E-state index contributed by atoms with van der Waals surface area (Å²) in [6.45, 7) is 5.63. The van der Waals surface area contributed by atoms with Gasteiger partial charge in [-0.2, -0.15) is 0 Å². The minimum Gasteiger partial charge on any atom is -0.381 e. The molecule has 0 spiro atoms. The van der Waals surface area contributed by atoms with E-state index in [1.807, 2.05) is 0 Å². The van der Waals surface area contributed by atoms with Crippen molar-refractivity contribution in [3.8, 4) is 0 Å². The van der Waals surface area contributed by atoms with Crippen LogP contribution in [0, 0.1) is 0 Å². The molecule has 2 nitrogen and oxygen atoms in total. The van der Waals surface area contributed by atoms with Gasteiger partial charge in [0.05, 0.1) is 0 Å². The van der Waals surface area contributed by atoms with Crippen molar-refractivity contribution in [3.63, 3.8) is 0 Å². The number of hydrogen-bond donors (Lipinski definition) is 0. The molecule has 0 fully saturated rings. The van der Waals surface area contributed by atoms with E-state index in [0.29, 0.717) is 0 Å². The highest BCUT2D eigenvalue weighted by molar-refractivity contribution is 8.13. The summed E-state index contributed by atoms with van der Waals surface area (Å²) >= 11 is 1.42. The number of allylic oxidation sites excluding steroid dienone is 4. The Kier molecular flexibility index (Phi) is 23.0. The van der Waals surface area contributed by atoms with E-state index >= 15 is 0 Å². The fourth-order valence-corrected chi connectivity index (χ4v) is 3.45. The van der Waals surface area contributed by atoms with Crippen LogP contribution in [-0.4, -0.2) is 24.1 Å². The first kappa shape index (κ1) is 26.5. The number of carbonyl (C=O) groups is 1. The van der Waals surface area contributed by atoms with Gasteiger partial charge in [0.15, 0.2) is 5.12 Å². The van der Waals surface area contributed by atoms with Gasteiger partial charge in [0.1, 0.15) is 0 Å². The smallest absolute Gasteiger partial charge is 0.185 e. The zero-order chi connectivity index (χ0) is 19.8. The lowest BCUT2D eigenvalue weighted by molar-refractivity contribution is -0.109. The van der Waals surface area contributed by atoms with E-state index in [9.17, 15) is 4.79 Å². The number of rotatable bonds is 20. The SMILES string of the molecule is CCCCC/C=C\C/C=C\CCCCCCCCOCCCCSC(C)=O. The average molecular weight is 397 g/mol. The minimum absolute atomic E-state index is 0.220. The van der Waals surface area contributed by atoms with Crippen molar-refractivity contribution in [3.05, 3.63) is 24.3 Å². The van der Waals surface area contributed by atoms with E-state index in [1.165, 1.54) is 82.4 Å². The zero-order valence-corrected chi connectivity index (χ0v) is 18.9. The maximum Gasteiger partial charge on any atom is 0.185 e. The van der Waals surface area contributed by atoms with Gasteiger partial charge in [-0.1, -0.05) is 81.5 Å². The molecule has 0 saturated heterocycles. The average Bonchev–Trinajstić information content (AvgIpc) is 2.65. The van der Waals surface area contributed by atoms with Crippen molar-refractivity contribution in [2.75, 3.05) is 19.0 Å². The van der Waals surface area contributed by atoms with E-state index in [0.717, 1.165) is 38.2 Å². The molecule has 0 saturated carbocycles. The fourth-order valence-electron chi connectivity index (χ4n) is 2.82. The van der Waals surface area contributed by atoms with Gasteiger partial charge in [0.25, 0.3) is 0 Å². The molecule has 0 atom stereocenters. The highest BCUT2D eigenvalue weighted by Gasteiger charge is 1.95. The van der Waals surface area contributed by atoms with Gasteiger partial charge >= 0.3 is 0 Å². The molecular weight excluding hydrogens is 352 g/mol. The monoisotopic (exact) mass is 396 g/mol. The van der Waals surface area contributed by atoms with Gasteiger partial charge < -0.3 is 4.74 Å². The maximum atomic E-state index is 10.8. The Morgan fingerprint density at radius 3 is 1.93 bits per heavy atom. The summed E-state index contributed by atoms with van der Waals surface area (Å²) in [5.74, 6) is 0.934. The van der Waals surface area contributed by atoms with Crippen LogP contribution in [0.25, 0.3) is 0 Å². The van der Waals surface area contributed by atoms with Crippen LogP contribution >= 0.6 is 11.8 Å². The molecule has 158 valence electrons. The standard InChI is InChI=1S/C24H44O2S/c1-3-4-5-6-7-8-9-10-11-12-13-14-15-16-17-18-21-26-22-19-20-23-27-24(2)25/h7-8,10-11H,3-6,9,12-23H2,1-2H3/b8-7-,11-10-. The summed E-state index contributed by atoms with van der Waals surface area (Å²) in [5.41, 5.74) is 0. The Bertz CT molecular complexity index is 363. The molecule has 0 aliphatic carbocycles. The molecular formula is C24H44O2S. The first-order chi connectivity index (χ1) is 13.3. The molecule has 3 heteroatoms. The zero-order valence-electron chi connectivity index (χ0n) is 18.1. The summed E-state index contributed by atoms with van der Waals surface area (Å²) in [6, 6.07) is 0. The molecule has 0 radical (unpaired) electrons.